The van der Waals surface area contributed by atoms with E-state index >= 15 is 0 Å². The molecule has 0 aliphatic heterocycles. The maximum atomic E-state index is 12.2. The van der Waals surface area contributed by atoms with Gasteiger partial charge >= 0.3 is 0 Å². The SMILES string of the molecule is C=CCN(CC=C)C(=O)C(C)NC(=O)CCc1cccs1. The van der Waals surface area contributed by atoms with E-state index in [1.807, 2.05) is 17.5 Å². The Bertz CT molecular complexity index is 472. The summed E-state index contributed by atoms with van der Waals surface area (Å²) in [6, 6.07) is 3.43. The van der Waals surface area contributed by atoms with Crippen molar-refractivity contribution >= 4 is 23.2 Å². The van der Waals surface area contributed by atoms with Crippen molar-refractivity contribution in [2.75, 3.05) is 13.1 Å². The Balaban J connectivity index is 2.44. The van der Waals surface area contributed by atoms with E-state index in [0.29, 0.717) is 25.9 Å². The van der Waals surface area contributed by atoms with Gasteiger partial charge < -0.3 is 10.2 Å². The second-order valence-corrected chi connectivity index (χ2v) is 5.72. The average Bonchev–Trinajstić information content (AvgIpc) is 2.97. The van der Waals surface area contributed by atoms with Crippen molar-refractivity contribution in [3.05, 3.63) is 47.7 Å². The molecule has 4 nitrogen and oxygen atoms in total. The Hall–Kier alpha value is -1.88. The van der Waals surface area contributed by atoms with E-state index in [0.717, 1.165) is 0 Å². The number of carbonyl (C=O) groups is 2. The summed E-state index contributed by atoms with van der Waals surface area (Å²) in [5, 5.41) is 4.73. The van der Waals surface area contributed by atoms with Crippen molar-refractivity contribution in [2.24, 2.45) is 0 Å². The molecule has 0 aliphatic rings. The minimum atomic E-state index is -0.541. The highest BCUT2D eigenvalue weighted by Crippen LogP contribution is 2.10. The number of thiophene rings is 1. The average molecular weight is 306 g/mol. The van der Waals surface area contributed by atoms with Crippen LogP contribution in [0.2, 0.25) is 0 Å². The van der Waals surface area contributed by atoms with Gasteiger partial charge in [-0.2, -0.15) is 0 Å². The van der Waals surface area contributed by atoms with Gasteiger partial charge in [0.15, 0.2) is 0 Å². The van der Waals surface area contributed by atoms with E-state index in [1.54, 1.807) is 35.3 Å². The summed E-state index contributed by atoms with van der Waals surface area (Å²) in [6.07, 6.45) is 4.41. The highest BCUT2D eigenvalue weighted by atomic mass is 32.1. The van der Waals surface area contributed by atoms with Crippen LogP contribution >= 0.6 is 11.3 Å². The second-order valence-electron chi connectivity index (χ2n) is 4.69. The third-order valence-corrected chi connectivity index (χ3v) is 3.87. The number of amides is 2. The normalized spacial score (nSPS) is 11.5. The van der Waals surface area contributed by atoms with Gasteiger partial charge in [-0.1, -0.05) is 18.2 Å². The van der Waals surface area contributed by atoms with Gasteiger partial charge in [0.1, 0.15) is 6.04 Å². The Morgan fingerprint density at radius 1 is 1.38 bits per heavy atom. The third-order valence-electron chi connectivity index (χ3n) is 2.94. The highest BCUT2D eigenvalue weighted by Gasteiger charge is 2.20. The molecular weight excluding hydrogens is 284 g/mol. The molecule has 1 heterocycles. The van der Waals surface area contributed by atoms with Gasteiger partial charge in [0.2, 0.25) is 11.8 Å². The van der Waals surface area contributed by atoms with Crippen LogP contribution in [0.15, 0.2) is 42.8 Å². The van der Waals surface area contributed by atoms with Crippen molar-refractivity contribution in [2.45, 2.75) is 25.8 Å². The molecule has 1 N–H and O–H groups in total. The Morgan fingerprint density at radius 3 is 2.57 bits per heavy atom. The predicted octanol–water partition coefficient (Wildman–Crippen LogP) is 2.39. The first-order chi connectivity index (χ1) is 10.1. The summed E-state index contributed by atoms with van der Waals surface area (Å²) in [4.78, 5) is 26.9. The summed E-state index contributed by atoms with van der Waals surface area (Å²) in [6.45, 7) is 9.85. The molecule has 0 aromatic carbocycles. The first-order valence-electron chi connectivity index (χ1n) is 6.90. The van der Waals surface area contributed by atoms with Crippen molar-refractivity contribution in [1.29, 1.82) is 0 Å². The first kappa shape index (κ1) is 17.2. The molecule has 0 saturated carbocycles. The fourth-order valence-corrected chi connectivity index (χ4v) is 2.62. The molecule has 2 amide bonds. The number of hydrogen-bond acceptors (Lipinski definition) is 3. The summed E-state index contributed by atoms with van der Waals surface area (Å²) in [5.41, 5.74) is 0. The van der Waals surface area contributed by atoms with Crippen molar-refractivity contribution < 1.29 is 9.59 Å². The van der Waals surface area contributed by atoms with Crippen LogP contribution in [0, 0.1) is 0 Å². The van der Waals surface area contributed by atoms with E-state index in [1.165, 1.54) is 4.88 Å². The van der Waals surface area contributed by atoms with E-state index in [-0.39, 0.29) is 11.8 Å². The molecule has 0 saturated heterocycles. The highest BCUT2D eigenvalue weighted by molar-refractivity contribution is 7.09. The molecule has 1 rings (SSSR count). The summed E-state index contributed by atoms with van der Waals surface area (Å²) >= 11 is 1.63. The lowest BCUT2D eigenvalue weighted by Gasteiger charge is -2.23. The molecule has 1 unspecified atom stereocenters. The lowest BCUT2D eigenvalue weighted by Crippen LogP contribution is -2.47. The molecule has 0 bridgehead atoms. The van der Waals surface area contributed by atoms with Gasteiger partial charge in [0.05, 0.1) is 0 Å². The molecule has 5 heteroatoms. The van der Waals surface area contributed by atoms with Gasteiger partial charge in [0, 0.05) is 24.4 Å². The third kappa shape index (κ3) is 5.95. The van der Waals surface area contributed by atoms with Crippen molar-refractivity contribution in [1.82, 2.24) is 10.2 Å². The Kier molecular flexibility index (Phi) is 7.46. The number of nitrogens with zero attached hydrogens (tertiary/aromatic N) is 1. The monoisotopic (exact) mass is 306 g/mol. The summed E-state index contributed by atoms with van der Waals surface area (Å²) < 4.78 is 0. The molecular formula is C16H22N2O2S. The van der Waals surface area contributed by atoms with Gasteiger partial charge in [0.25, 0.3) is 0 Å². The van der Waals surface area contributed by atoms with E-state index in [2.05, 4.69) is 18.5 Å². The van der Waals surface area contributed by atoms with Crippen LogP contribution < -0.4 is 5.32 Å². The summed E-state index contributed by atoms with van der Waals surface area (Å²) in [7, 11) is 0. The molecule has 0 radical (unpaired) electrons. The van der Waals surface area contributed by atoms with Crippen LogP contribution in [-0.2, 0) is 16.0 Å². The minimum Gasteiger partial charge on any atom is -0.345 e. The number of rotatable bonds is 9. The van der Waals surface area contributed by atoms with E-state index in [9.17, 15) is 9.59 Å². The zero-order valence-corrected chi connectivity index (χ0v) is 13.2. The zero-order valence-electron chi connectivity index (χ0n) is 12.4. The van der Waals surface area contributed by atoms with Crippen molar-refractivity contribution in [3.8, 4) is 0 Å². The quantitative estimate of drug-likeness (QED) is 0.712. The first-order valence-corrected chi connectivity index (χ1v) is 7.78. The van der Waals surface area contributed by atoms with Crippen LogP contribution in [0.3, 0.4) is 0 Å². The standard InChI is InChI=1S/C16H22N2O2S/c1-4-10-18(11-5-2)16(20)13(3)17-15(19)9-8-14-7-6-12-21-14/h4-7,12-13H,1-2,8-11H2,3H3,(H,17,19). The Labute approximate surface area is 130 Å². The van der Waals surface area contributed by atoms with Crippen LogP contribution in [0.4, 0.5) is 0 Å². The number of hydrogen-bond donors (Lipinski definition) is 1. The topological polar surface area (TPSA) is 49.4 Å². The largest absolute Gasteiger partial charge is 0.345 e. The van der Waals surface area contributed by atoms with E-state index in [4.69, 9.17) is 0 Å². The van der Waals surface area contributed by atoms with Gasteiger partial charge in [-0.05, 0) is 24.8 Å². The lowest BCUT2D eigenvalue weighted by atomic mass is 10.2. The molecule has 114 valence electrons. The fraction of sp³-hybridized carbons (Fsp3) is 0.375. The van der Waals surface area contributed by atoms with Gasteiger partial charge in [-0.25, -0.2) is 0 Å². The second kappa shape index (κ2) is 9.13. The molecule has 1 aromatic heterocycles. The summed E-state index contributed by atoms with van der Waals surface area (Å²) in [5.74, 6) is -0.235. The molecule has 1 atom stereocenters. The predicted molar refractivity (Wildman–Crippen MR) is 87.2 cm³/mol. The van der Waals surface area contributed by atoms with Gasteiger partial charge in [-0.15, -0.1) is 24.5 Å². The molecule has 0 aliphatic carbocycles. The maximum absolute atomic E-state index is 12.2. The number of carbonyl (C=O) groups excluding carboxylic acids is 2. The zero-order chi connectivity index (χ0) is 15.7. The van der Waals surface area contributed by atoms with Crippen LogP contribution in [0.5, 0.6) is 0 Å². The van der Waals surface area contributed by atoms with Gasteiger partial charge in [-0.3, -0.25) is 9.59 Å². The fourth-order valence-electron chi connectivity index (χ4n) is 1.91. The smallest absolute Gasteiger partial charge is 0.245 e. The number of aryl methyl sites for hydroxylation is 1. The van der Waals surface area contributed by atoms with Crippen LogP contribution in [0.25, 0.3) is 0 Å². The molecule has 21 heavy (non-hydrogen) atoms. The van der Waals surface area contributed by atoms with E-state index < -0.39 is 6.04 Å². The number of nitrogens with one attached hydrogen (secondary N) is 1. The van der Waals surface area contributed by atoms with Crippen LogP contribution in [-0.4, -0.2) is 35.8 Å². The van der Waals surface area contributed by atoms with Crippen molar-refractivity contribution in [3.63, 3.8) is 0 Å². The molecule has 0 fully saturated rings. The Morgan fingerprint density at radius 2 is 2.05 bits per heavy atom. The maximum Gasteiger partial charge on any atom is 0.245 e. The molecule has 0 spiro atoms. The van der Waals surface area contributed by atoms with Crippen LogP contribution in [0.1, 0.15) is 18.2 Å². The lowest BCUT2D eigenvalue weighted by molar-refractivity contribution is -0.135. The minimum absolute atomic E-state index is 0.110. The molecule has 1 aromatic rings.